The number of aromatic nitrogens is 2. The molecule has 0 aliphatic carbocycles. The maximum atomic E-state index is 12.3. The number of hydrogen-bond acceptors (Lipinski definition) is 4. The standard InChI is InChI=1S/C13H18N4O2S/c1-9-4-10(2)16-13(5-9)17-20(18,19)12-6-11(7-14-3)15-8-12/h4-6,8,14-15H,7H2,1-3H3,(H,16,17). The van der Waals surface area contributed by atoms with Crippen molar-refractivity contribution in [3.63, 3.8) is 0 Å². The van der Waals surface area contributed by atoms with Gasteiger partial charge in [-0.15, -0.1) is 0 Å². The predicted octanol–water partition coefficient (Wildman–Crippen LogP) is 1.55. The Kier molecular flexibility index (Phi) is 4.10. The molecule has 0 radical (unpaired) electrons. The van der Waals surface area contributed by atoms with Crippen LogP contribution >= 0.6 is 0 Å². The van der Waals surface area contributed by atoms with Gasteiger partial charge in [0.2, 0.25) is 0 Å². The summed E-state index contributed by atoms with van der Waals surface area (Å²) in [6.07, 6.45) is 1.47. The van der Waals surface area contributed by atoms with Crippen molar-refractivity contribution in [3.05, 3.63) is 41.3 Å². The molecule has 0 fully saturated rings. The first-order chi connectivity index (χ1) is 9.40. The number of aryl methyl sites for hydroxylation is 2. The second kappa shape index (κ2) is 5.64. The molecule has 0 aliphatic rings. The molecule has 0 spiro atoms. The molecule has 6 nitrogen and oxygen atoms in total. The fourth-order valence-corrected chi connectivity index (χ4v) is 2.97. The maximum Gasteiger partial charge on any atom is 0.264 e. The second-order valence-electron chi connectivity index (χ2n) is 4.67. The third-order valence-corrected chi connectivity index (χ3v) is 4.06. The van der Waals surface area contributed by atoms with Gasteiger partial charge in [-0.3, -0.25) is 4.72 Å². The summed E-state index contributed by atoms with van der Waals surface area (Å²) < 4.78 is 27.0. The van der Waals surface area contributed by atoms with E-state index in [1.54, 1.807) is 19.2 Å². The molecular formula is C13H18N4O2S. The summed E-state index contributed by atoms with van der Waals surface area (Å²) in [6, 6.07) is 5.19. The Balaban J connectivity index is 2.25. The molecule has 2 rings (SSSR count). The monoisotopic (exact) mass is 294 g/mol. The van der Waals surface area contributed by atoms with Crippen molar-refractivity contribution < 1.29 is 8.42 Å². The lowest BCUT2D eigenvalue weighted by Crippen LogP contribution is -2.13. The van der Waals surface area contributed by atoms with Crippen molar-refractivity contribution in [1.29, 1.82) is 0 Å². The minimum Gasteiger partial charge on any atom is -0.363 e. The summed E-state index contributed by atoms with van der Waals surface area (Å²) in [5, 5.41) is 2.95. The highest BCUT2D eigenvalue weighted by atomic mass is 32.2. The number of nitrogens with one attached hydrogen (secondary N) is 3. The molecule has 0 unspecified atom stereocenters. The number of pyridine rings is 1. The molecule has 3 N–H and O–H groups in total. The van der Waals surface area contributed by atoms with Crippen LogP contribution in [0.1, 0.15) is 17.0 Å². The van der Waals surface area contributed by atoms with Gasteiger partial charge < -0.3 is 10.3 Å². The topological polar surface area (TPSA) is 86.9 Å². The molecule has 0 amide bonds. The first kappa shape index (κ1) is 14.5. The van der Waals surface area contributed by atoms with E-state index < -0.39 is 10.0 Å². The first-order valence-electron chi connectivity index (χ1n) is 6.21. The summed E-state index contributed by atoms with van der Waals surface area (Å²) in [5.74, 6) is 0.332. The summed E-state index contributed by atoms with van der Waals surface area (Å²) in [4.78, 5) is 7.29. The smallest absolute Gasteiger partial charge is 0.264 e. The first-order valence-corrected chi connectivity index (χ1v) is 7.69. The van der Waals surface area contributed by atoms with E-state index in [-0.39, 0.29) is 4.90 Å². The molecule has 2 aromatic heterocycles. The van der Waals surface area contributed by atoms with Crippen molar-refractivity contribution in [3.8, 4) is 0 Å². The van der Waals surface area contributed by atoms with E-state index in [4.69, 9.17) is 0 Å². The zero-order chi connectivity index (χ0) is 14.8. The van der Waals surface area contributed by atoms with Gasteiger partial charge in [0, 0.05) is 24.1 Å². The third-order valence-electron chi connectivity index (χ3n) is 2.73. The van der Waals surface area contributed by atoms with Crippen LogP contribution < -0.4 is 10.0 Å². The number of nitrogens with zero attached hydrogens (tertiary/aromatic N) is 1. The Morgan fingerprint density at radius 3 is 2.65 bits per heavy atom. The number of hydrogen-bond donors (Lipinski definition) is 3. The summed E-state index contributed by atoms with van der Waals surface area (Å²) in [5.41, 5.74) is 2.54. The summed E-state index contributed by atoms with van der Waals surface area (Å²) in [6.45, 7) is 4.30. The Labute approximate surface area is 118 Å². The third kappa shape index (κ3) is 3.37. The van der Waals surface area contributed by atoms with Crippen LogP contribution in [0.5, 0.6) is 0 Å². The largest absolute Gasteiger partial charge is 0.363 e. The van der Waals surface area contributed by atoms with Crippen LogP contribution in [-0.4, -0.2) is 25.4 Å². The van der Waals surface area contributed by atoms with E-state index in [1.165, 1.54) is 6.20 Å². The number of rotatable bonds is 5. The van der Waals surface area contributed by atoms with E-state index in [0.29, 0.717) is 12.4 Å². The predicted molar refractivity (Wildman–Crippen MR) is 78.1 cm³/mol. The van der Waals surface area contributed by atoms with Gasteiger partial charge in [0.05, 0.1) is 0 Å². The van der Waals surface area contributed by atoms with Gasteiger partial charge in [-0.2, -0.15) is 0 Å². The van der Waals surface area contributed by atoms with Crippen LogP contribution in [0.15, 0.2) is 29.3 Å². The molecule has 0 atom stereocenters. The quantitative estimate of drug-likeness (QED) is 0.781. The van der Waals surface area contributed by atoms with E-state index in [2.05, 4.69) is 20.0 Å². The highest BCUT2D eigenvalue weighted by molar-refractivity contribution is 7.92. The maximum absolute atomic E-state index is 12.3. The lowest BCUT2D eigenvalue weighted by molar-refractivity contribution is 0.601. The van der Waals surface area contributed by atoms with Gasteiger partial charge in [0.15, 0.2) is 0 Å². The molecule has 0 aliphatic heterocycles. The van der Waals surface area contributed by atoms with Crippen LogP contribution in [0.3, 0.4) is 0 Å². The minimum absolute atomic E-state index is 0.198. The molecule has 108 valence electrons. The molecule has 2 heterocycles. The van der Waals surface area contributed by atoms with Crippen molar-refractivity contribution >= 4 is 15.8 Å². The van der Waals surface area contributed by atoms with Crippen LogP contribution in [0.25, 0.3) is 0 Å². The molecule has 20 heavy (non-hydrogen) atoms. The Hall–Kier alpha value is -1.86. The van der Waals surface area contributed by atoms with Crippen molar-refractivity contribution in [1.82, 2.24) is 15.3 Å². The SMILES string of the molecule is CNCc1cc(S(=O)(=O)Nc2cc(C)cc(C)n2)c[nH]1. The van der Waals surface area contributed by atoms with Gasteiger partial charge in [0.1, 0.15) is 10.7 Å². The molecule has 2 aromatic rings. The normalized spacial score (nSPS) is 11.6. The number of anilines is 1. The average Bonchev–Trinajstić information content (AvgIpc) is 2.76. The Bertz CT molecular complexity index is 687. The Morgan fingerprint density at radius 1 is 1.25 bits per heavy atom. The number of aromatic amines is 1. The van der Waals surface area contributed by atoms with Gasteiger partial charge in [0.25, 0.3) is 10.0 Å². The summed E-state index contributed by atoms with van der Waals surface area (Å²) >= 11 is 0. The van der Waals surface area contributed by atoms with Gasteiger partial charge in [-0.25, -0.2) is 13.4 Å². The zero-order valence-electron chi connectivity index (χ0n) is 11.7. The second-order valence-corrected chi connectivity index (χ2v) is 6.35. The van der Waals surface area contributed by atoms with Crippen molar-refractivity contribution in [2.24, 2.45) is 0 Å². The molecule has 0 bridgehead atoms. The molecule has 0 saturated carbocycles. The Morgan fingerprint density at radius 2 is 2.00 bits per heavy atom. The highest BCUT2D eigenvalue weighted by Crippen LogP contribution is 2.17. The van der Waals surface area contributed by atoms with Gasteiger partial charge >= 0.3 is 0 Å². The van der Waals surface area contributed by atoms with Crippen LogP contribution in [0.2, 0.25) is 0 Å². The average molecular weight is 294 g/mol. The van der Waals surface area contributed by atoms with Crippen LogP contribution in [0, 0.1) is 13.8 Å². The highest BCUT2D eigenvalue weighted by Gasteiger charge is 2.17. The number of H-pyrrole nitrogens is 1. The lowest BCUT2D eigenvalue weighted by atomic mass is 10.2. The van der Waals surface area contributed by atoms with E-state index >= 15 is 0 Å². The molecular weight excluding hydrogens is 276 g/mol. The van der Waals surface area contributed by atoms with Crippen molar-refractivity contribution in [2.45, 2.75) is 25.3 Å². The van der Waals surface area contributed by atoms with Gasteiger partial charge in [-0.1, -0.05) is 0 Å². The zero-order valence-corrected chi connectivity index (χ0v) is 12.5. The van der Waals surface area contributed by atoms with E-state index in [1.807, 2.05) is 19.9 Å². The fourth-order valence-electron chi connectivity index (χ4n) is 1.96. The molecule has 0 aromatic carbocycles. The number of sulfonamides is 1. The van der Waals surface area contributed by atoms with E-state index in [0.717, 1.165) is 17.0 Å². The van der Waals surface area contributed by atoms with E-state index in [9.17, 15) is 8.42 Å². The summed E-state index contributed by atoms with van der Waals surface area (Å²) in [7, 11) is -1.82. The van der Waals surface area contributed by atoms with Gasteiger partial charge in [-0.05, 0) is 44.7 Å². The fraction of sp³-hybridized carbons (Fsp3) is 0.308. The van der Waals surface area contributed by atoms with Crippen LogP contribution in [0.4, 0.5) is 5.82 Å². The minimum atomic E-state index is -3.62. The molecule has 7 heteroatoms. The lowest BCUT2D eigenvalue weighted by Gasteiger charge is -2.07. The van der Waals surface area contributed by atoms with Crippen LogP contribution in [-0.2, 0) is 16.6 Å². The van der Waals surface area contributed by atoms with Crippen molar-refractivity contribution in [2.75, 3.05) is 11.8 Å². The molecule has 0 saturated heterocycles.